The topological polar surface area (TPSA) is 78.4 Å². The highest BCUT2D eigenvalue weighted by Crippen LogP contribution is 2.15. The maximum atomic E-state index is 11.6. The third-order valence-corrected chi connectivity index (χ3v) is 4.07. The normalized spacial score (nSPS) is 15.4. The van der Waals surface area contributed by atoms with Crippen molar-refractivity contribution < 1.29 is 14.1 Å². The Hall–Kier alpha value is -1.40. The van der Waals surface area contributed by atoms with E-state index in [1.165, 1.54) is 0 Å². The van der Waals surface area contributed by atoms with Crippen LogP contribution in [0.25, 0.3) is 0 Å². The molecule has 0 saturated heterocycles. The highest BCUT2D eigenvalue weighted by molar-refractivity contribution is 7.84. The fraction of sp³-hybridized carbons (Fsp3) is 0.462. The lowest BCUT2D eigenvalue weighted by atomic mass is 10.1. The van der Waals surface area contributed by atoms with E-state index in [4.69, 9.17) is 0 Å². The molecule has 19 heavy (non-hydrogen) atoms. The van der Waals surface area contributed by atoms with Gasteiger partial charge in [0.2, 0.25) is 0 Å². The Morgan fingerprint density at radius 2 is 1.89 bits per heavy atom. The van der Waals surface area contributed by atoms with E-state index in [2.05, 4.69) is 10.6 Å². The molecule has 2 amide bonds. The van der Waals surface area contributed by atoms with Crippen molar-refractivity contribution in [2.24, 2.45) is 0 Å². The van der Waals surface area contributed by atoms with Crippen LogP contribution in [0.2, 0.25) is 0 Å². The minimum absolute atomic E-state index is 0.0802. The van der Waals surface area contributed by atoms with Crippen molar-refractivity contribution in [1.82, 2.24) is 5.32 Å². The fourth-order valence-electron chi connectivity index (χ4n) is 1.37. The van der Waals surface area contributed by atoms with Crippen molar-refractivity contribution in [2.75, 3.05) is 18.1 Å². The number of nitrogens with one attached hydrogen (secondary N) is 2. The molecular weight excluding hydrogens is 264 g/mol. The molecule has 0 aliphatic carbocycles. The predicted octanol–water partition coefficient (Wildman–Crippen LogP) is 1.63. The van der Waals surface area contributed by atoms with Crippen LogP contribution < -0.4 is 10.6 Å². The summed E-state index contributed by atoms with van der Waals surface area (Å²) < 4.78 is 11.1. The number of hydrogen-bond donors (Lipinski definition) is 3. The largest absolute Gasteiger partial charge is 0.389 e. The number of anilines is 1. The van der Waals surface area contributed by atoms with Gasteiger partial charge in [0.1, 0.15) is 0 Å². The number of hydrogen-bond acceptors (Lipinski definition) is 3. The molecule has 0 fully saturated rings. The fourth-order valence-corrected chi connectivity index (χ4v) is 1.69. The van der Waals surface area contributed by atoms with E-state index in [0.717, 1.165) is 5.56 Å². The third-order valence-electron chi connectivity index (χ3n) is 2.77. The molecule has 1 aromatic rings. The van der Waals surface area contributed by atoms with Crippen LogP contribution >= 0.6 is 0 Å². The molecule has 6 heteroatoms. The van der Waals surface area contributed by atoms with Gasteiger partial charge in [-0.15, -0.1) is 0 Å². The molecule has 0 heterocycles. The molecule has 106 valence electrons. The number of carbonyl (C=O) groups excluding carboxylic acids is 1. The van der Waals surface area contributed by atoms with E-state index in [9.17, 15) is 14.1 Å². The van der Waals surface area contributed by atoms with Crippen LogP contribution in [0.15, 0.2) is 24.3 Å². The quantitative estimate of drug-likeness (QED) is 0.769. The molecule has 0 aromatic heterocycles. The Bertz CT molecular complexity index is 446. The summed E-state index contributed by atoms with van der Waals surface area (Å²) in [5.41, 5.74) is 1.44. The van der Waals surface area contributed by atoms with Crippen LogP contribution in [0.3, 0.4) is 0 Å². The Morgan fingerprint density at radius 1 is 1.32 bits per heavy atom. The van der Waals surface area contributed by atoms with Crippen molar-refractivity contribution >= 4 is 22.5 Å². The Morgan fingerprint density at radius 3 is 2.37 bits per heavy atom. The molecule has 3 N–H and O–H groups in total. The molecule has 5 nitrogen and oxygen atoms in total. The van der Waals surface area contributed by atoms with Crippen molar-refractivity contribution in [3.8, 4) is 0 Å². The number of benzene rings is 1. The lowest BCUT2D eigenvalue weighted by Crippen LogP contribution is -2.35. The standard InChI is InChI=1S/C13H20N2O3S/c1-9(19(3)18)8-14-13(17)15-12-6-4-11(5-7-12)10(2)16/h4-7,9-10,16H,8H2,1-3H3,(H2,14,15,17). The number of aliphatic hydroxyl groups is 1. The second kappa shape index (κ2) is 7.25. The SMILES string of the molecule is CC(O)c1ccc(NC(=O)NCC(C)S(C)=O)cc1. The summed E-state index contributed by atoms with van der Waals surface area (Å²) in [7, 11) is -0.952. The van der Waals surface area contributed by atoms with E-state index in [0.29, 0.717) is 12.2 Å². The summed E-state index contributed by atoms with van der Waals surface area (Å²) in [4.78, 5) is 11.6. The first kappa shape index (κ1) is 15.7. The molecular formula is C13H20N2O3S. The predicted molar refractivity (Wildman–Crippen MR) is 77.6 cm³/mol. The van der Waals surface area contributed by atoms with E-state index in [1.807, 2.05) is 6.92 Å². The molecule has 0 bridgehead atoms. The molecule has 1 rings (SSSR count). The molecule has 0 radical (unpaired) electrons. The van der Waals surface area contributed by atoms with Gasteiger partial charge in [0.05, 0.1) is 6.10 Å². The van der Waals surface area contributed by atoms with Crippen LogP contribution in [0.4, 0.5) is 10.5 Å². The molecule has 0 aliphatic rings. The summed E-state index contributed by atoms with van der Waals surface area (Å²) in [5, 5.41) is 14.6. The minimum atomic E-state index is -0.952. The van der Waals surface area contributed by atoms with Gasteiger partial charge in [-0.2, -0.15) is 0 Å². The Balaban J connectivity index is 2.46. The van der Waals surface area contributed by atoms with Gasteiger partial charge in [-0.25, -0.2) is 4.79 Å². The van der Waals surface area contributed by atoms with Crippen LogP contribution in [0.5, 0.6) is 0 Å². The van der Waals surface area contributed by atoms with E-state index < -0.39 is 16.9 Å². The highest BCUT2D eigenvalue weighted by Gasteiger charge is 2.08. The van der Waals surface area contributed by atoms with Crippen LogP contribution in [0.1, 0.15) is 25.5 Å². The van der Waals surface area contributed by atoms with Gasteiger partial charge in [-0.3, -0.25) is 4.21 Å². The smallest absolute Gasteiger partial charge is 0.319 e. The van der Waals surface area contributed by atoms with Crippen molar-refractivity contribution in [1.29, 1.82) is 0 Å². The van der Waals surface area contributed by atoms with Gasteiger partial charge in [-0.1, -0.05) is 12.1 Å². The Labute approximate surface area is 115 Å². The average Bonchev–Trinajstić information content (AvgIpc) is 2.36. The van der Waals surface area contributed by atoms with E-state index >= 15 is 0 Å². The number of rotatable bonds is 5. The van der Waals surface area contributed by atoms with Gasteiger partial charge >= 0.3 is 6.03 Å². The zero-order valence-corrected chi connectivity index (χ0v) is 12.2. The van der Waals surface area contributed by atoms with Crippen LogP contribution in [-0.4, -0.2) is 33.4 Å². The first-order valence-corrected chi connectivity index (χ1v) is 7.67. The second-order valence-corrected chi connectivity index (χ2v) is 6.24. The van der Waals surface area contributed by atoms with Gasteiger partial charge < -0.3 is 15.7 Å². The van der Waals surface area contributed by atoms with Crippen LogP contribution in [0, 0.1) is 0 Å². The summed E-state index contributed by atoms with van der Waals surface area (Å²) in [6, 6.07) is 6.63. The van der Waals surface area contributed by atoms with Crippen molar-refractivity contribution in [3.05, 3.63) is 29.8 Å². The van der Waals surface area contributed by atoms with Gasteiger partial charge in [0, 0.05) is 34.5 Å². The average molecular weight is 284 g/mol. The van der Waals surface area contributed by atoms with E-state index in [-0.39, 0.29) is 11.3 Å². The van der Waals surface area contributed by atoms with E-state index in [1.54, 1.807) is 37.4 Å². The lowest BCUT2D eigenvalue weighted by Gasteiger charge is -2.11. The maximum absolute atomic E-state index is 11.6. The molecule has 0 spiro atoms. The zero-order valence-electron chi connectivity index (χ0n) is 11.3. The van der Waals surface area contributed by atoms with Gasteiger partial charge in [0.15, 0.2) is 0 Å². The lowest BCUT2D eigenvalue weighted by molar-refractivity contribution is 0.199. The van der Waals surface area contributed by atoms with Crippen LogP contribution in [-0.2, 0) is 10.8 Å². The summed E-state index contributed by atoms with van der Waals surface area (Å²) in [5.74, 6) is 0. The second-order valence-electron chi connectivity index (χ2n) is 4.44. The molecule has 3 atom stereocenters. The minimum Gasteiger partial charge on any atom is -0.389 e. The summed E-state index contributed by atoms with van der Waals surface area (Å²) >= 11 is 0. The molecule has 0 aliphatic heterocycles. The number of urea groups is 1. The molecule has 3 unspecified atom stereocenters. The summed E-state index contributed by atoms with van der Waals surface area (Å²) in [6.45, 7) is 3.86. The van der Waals surface area contributed by atoms with Gasteiger partial charge in [0.25, 0.3) is 0 Å². The van der Waals surface area contributed by atoms with Gasteiger partial charge in [-0.05, 0) is 31.5 Å². The van der Waals surface area contributed by atoms with Crippen molar-refractivity contribution in [3.63, 3.8) is 0 Å². The molecule has 0 saturated carbocycles. The molecule has 1 aromatic carbocycles. The monoisotopic (exact) mass is 284 g/mol. The highest BCUT2D eigenvalue weighted by atomic mass is 32.2. The first-order chi connectivity index (χ1) is 8.90. The number of aliphatic hydroxyl groups excluding tert-OH is 1. The number of carbonyl (C=O) groups is 1. The summed E-state index contributed by atoms with van der Waals surface area (Å²) in [6.07, 6.45) is 1.09. The maximum Gasteiger partial charge on any atom is 0.319 e. The first-order valence-electron chi connectivity index (χ1n) is 6.05. The number of amides is 2. The third kappa shape index (κ3) is 5.40. The zero-order chi connectivity index (χ0) is 14.4. The Kier molecular flexibility index (Phi) is 5.98. The van der Waals surface area contributed by atoms with Crippen molar-refractivity contribution in [2.45, 2.75) is 25.2 Å².